The summed E-state index contributed by atoms with van der Waals surface area (Å²) < 4.78 is 32.2. The highest BCUT2D eigenvalue weighted by Gasteiger charge is 2.18. The zero-order valence-corrected chi connectivity index (χ0v) is 15.3. The number of carbonyl (C=O) groups is 2. The molecule has 3 rings (SSSR count). The van der Waals surface area contributed by atoms with E-state index in [4.69, 9.17) is 4.74 Å². The van der Waals surface area contributed by atoms with Crippen molar-refractivity contribution in [2.24, 2.45) is 0 Å². The first-order valence-corrected chi connectivity index (χ1v) is 8.79. The van der Waals surface area contributed by atoms with E-state index in [-0.39, 0.29) is 11.6 Å². The van der Waals surface area contributed by atoms with Crippen LogP contribution < -0.4 is 15.4 Å². The van der Waals surface area contributed by atoms with Crippen LogP contribution in [0.4, 0.5) is 14.5 Å². The Bertz CT molecular complexity index is 988. The van der Waals surface area contributed by atoms with E-state index in [1.807, 2.05) is 0 Å². The number of rotatable bonds is 6. The molecule has 0 fully saturated rings. The van der Waals surface area contributed by atoms with Crippen molar-refractivity contribution < 1.29 is 23.1 Å². The van der Waals surface area contributed by atoms with Crippen LogP contribution in [0.1, 0.15) is 25.2 Å². The molecule has 0 radical (unpaired) electrons. The Hall–Kier alpha value is -3.40. The van der Waals surface area contributed by atoms with Gasteiger partial charge in [-0.05, 0) is 36.4 Å². The first-order chi connectivity index (χ1) is 13.5. The maximum atomic E-state index is 13.6. The molecule has 1 heterocycles. The van der Waals surface area contributed by atoms with Crippen molar-refractivity contribution in [3.05, 3.63) is 69.7 Å². The molecule has 1 aromatic heterocycles. The van der Waals surface area contributed by atoms with E-state index in [0.717, 1.165) is 23.5 Å². The Labute approximate surface area is 162 Å². The molecule has 0 aliphatic carbocycles. The van der Waals surface area contributed by atoms with Gasteiger partial charge in [0.15, 0.2) is 0 Å². The first kappa shape index (κ1) is 19.4. The Kier molecular flexibility index (Phi) is 5.90. The van der Waals surface area contributed by atoms with Crippen LogP contribution in [0.25, 0.3) is 0 Å². The largest absolute Gasteiger partial charge is 0.497 e. The number of methoxy groups -OCH3 is 1. The van der Waals surface area contributed by atoms with E-state index >= 15 is 0 Å². The molecule has 0 aliphatic heterocycles. The van der Waals surface area contributed by atoms with Crippen LogP contribution in [-0.2, 0) is 6.54 Å². The molecule has 0 saturated heterocycles. The van der Waals surface area contributed by atoms with Crippen molar-refractivity contribution in [1.82, 2.24) is 15.5 Å². The maximum Gasteiger partial charge on any atom is 0.286 e. The van der Waals surface area contributed by atoms with Crippen LogP contribution in [0.2, 0.25) is 0 Å². The van der Waals surface area contributed by atoms with Gasteiger partial charge in [-0.15, -0.1) is 10.2 Å². The van der Waals surface area contributed by atoms with Crippen LogP contribution in [0.3, 0.4) is 0 Å². The molecule has 0 saturated carbocycles. The van der Waals surface area contributed by atoms with Crippen LogP contribution in [0, 0.1) is 11.6 Å². The fourth-order valence-corrected chi connectivity index (χ4v) is 2.91. The van der Waals surface area contributed by atoms with E-state index in [1.54, 1.807) is 24.3 Å². The smallest absolute Gasteiger partial charge is 0.286 e. The normalized spacial score (nSPS) is 10.4. The number of carbonyl (C=O) groups excluding carboxylic acids is 2. The Morgan fingerprint density at radius 3 is 2.36 bits per heavy atom. The molecular weight excluding hydrogens is 390 g/mol. The lowest BCUT2D eigenvalue weighted by molar-refractivity contribution is 0.0941. The SMILES string of the molecule is COc1ccc(NC(=O)c2nnc(CNC(=O)c3c(F)cccc3F)s2)cc1. The molecule has 10 heteroatoms. The summed E-state index contributed by atoms with van der Waals surface area (Å²) in [5.74, 6) is -2.67. The van der Waals surface area contributed by atoms with Crippen LogP contribution in [0.5, 0.6) is 5.75 Å². The Balaban J connectivity index is 1.60. The summed E-state index contributed by atoms with van der Waals surface area (Å²) in [5, 5.41) is 13.0. The topological polar surface area (TPSA) is 93.2 Å². The van der Waals surface area contributed by atoms with Crippen LogP contribution in [-0.4, -0.2) is 29.1 Å². The molecule has 2 amide bonds. The lowest BCUT2D eigenvalue weighted by Gasteiger charge is -2.05. The third-order valence-corrected chi connectivity index (χ3v) is 4.52. The number of benzene rings is 2. The molecule has 0 atom stereocenters. The van der Waals surface area contributed by atoms with Gasteiger partial charge in [-0.25, -0.2) is 8.78 Å². The van der Waals surface area contributed by atoms with E-state index in [2.05, 4.69) is 20.8 Å². The average Bonchev–Trinajstić information content (AvgIpc) is 3.16. The van der Waals surface area contributed by atoms with Gasteiger partial charge in [0.25, 0.3) is 11.8 Å². The Morgan fingerprint density at radius 2 is 1.71 bits per heavy atom. The number of hydrogen-bond donors (Lipinski definition) is 2. The molecule has 3 aromatic rings. The quantitative estimate of drug-likeness (QED) is 0.659. The van der Waals surface area contributed by atoms with Crippen molar-refractivity contribution in [3.8, 4) is 5.75 Å². The molecule has 0 bridgehead atoms. The van der Waals surface area contributed by atoms with E-state index in [9.17, 15) is 18.4 Å². The third kappa shape index (κ3) is 4.46. The molecular formula is C18H14F2N4O3S. The van der Waals surface area contributed by atoms with Crippen LogP contribution >= 0.6 is 11.3 Å². The minimum absolute atomic E-state index is 0.0807. The minimum atomic E-state index is -0.964. The highest BCUT2D eigenvalue weighted by molar-refractivity contribution is 7.13. The van der Waals surface area contributed by atoms with Gasteiger partial charge < -0.3 is 15.4 Å². The van der Waals surface area contributed by atoms with Gasteiger partial charge in [0.2, 0.25) is 5.01 Å². The van der Waals surface area contributed by atoms with Gasteiger partial charge in [-0.3, -0.25) is 9.59 Å². The highest BCUT2D eigenvalue weighted by Crippen LogP contribution is 2.17. The van der Waals surface area contributed by atoms with Crippen molar-refractivity contribution in [1.29, 1.82) is 0 Å². The van der Waals surface area contributed by atoms with Crippen molar-refractivity contribution in [3.63, 3.8) is 0 Å². The van der Waals surface area contributed by atoms with Crippen molar-refractivity contribution in [2.45, 2.75) is 6.54 Å². The summed E-state index contributed by atoms with van der Waals surface area (Å²) in [6.07, 6.45) is 0. The van der Waals surface area contributed by atoms with Gasteiger partial charge in [-0.2, -0.15) is 0 Å². The summed E-state index contributed by atoms with van der Waals surface area (Å²) in [4.78, 5) is 24.2. The summed E-state index contributed by atoms with van der Waals surface area (Å²) in [6, 6.07) is 9.87. The fourth-order valence-electron chi connectivity index (χ4n) is 2.23. The predicted octanol–water partition coefficient (Wildman–Crippen LogP) is 3.01. The van der Waals surface area contributed by atoms with Gasteiger partial charge >= 0.3 is 0 Å². The van der Waals surface area contributed by atoms with E-state index in [0.29, 0.717) is 16.4 Å². The first-order valence-electron chi connectivity index (χ1n) is 7.98. The predicted molar refractivity (Wildman–Crippen MR) is 98.4 cm³/mol. The number of anilines is 1. The second-order valence-electron chi connectivity index (χ2n) is 5.46. The minimum Gasteiger partial charge on any atom is -0.497 e. The zero-order chi connectivity index (χ0) is 20.1. The van der Waals surface area contributed by atoms with Crippen LogP contribution in [0.15, 0.2) is 42.5 Å². The number of nitrogens with zero attached hydrogens (tertiary/aromatic N) is 2. The monoisotopic (exact) mass is 404 g/mol. The summed E-state index contributed by atoms with van der Waals surface area (Å²) in [5.41, 5.74) is -0.129. The highest BCUT2D eigenvalue weighted by atomic mass is 32.1. The number of aromatic nitrogens is 2. The summed E-state index contributed by atoms with van der Waals surface area (Å²) in [7, 11) is 1.54. The number of amides is 2. The molecule has 2 N–H and O–H groups in total. The standard InChI is InChI=1S/C18H14F2N4O3S/c1-27-11-7-5-10(6-8-11)22-17(26)18-24-23-14(28-18)9-21-16(25)15-12(19)3-2-4-13(15)20/h2-8H,9H2,1H3,(H,21,25)(H,22,26). The molecule has 2 aromatic carbocycles. The lowest BCUT2D eigenvalue weighted by atomic mass is 10.2. The zero-order valence-electron chi connectivity index (χ0n) is 14.5. The number of ether oxygens (including phenoxy) is 1. The number of nitrogens with one attached hydrogen (secondary N) is 2. The van der Waals surface area contributed by atoms with Gasteiger partial charge in [-0.1, -0.05) is 17.4 Å². The second kappa shape index (κ2) is 8.53. The van der Waals surface area contributed by atoms with Crippen molar-refractivity contribution >= 4 is 28.8 Å². The molecule has 7 nitrogen and oxygen atoms in total. The van der Waals surface area contributed by atoms with Gasteiger partial charge in [0, 0.05) is 5.69 Å². The van der Waals surface area contributed by atoms with Gasteiger partial charge in [0.05, 0.1) is 13.7 Å². The molecule has 0 spiro atoms. The van der Waals surface area contributed by atoms with Crippen molar-refractivity contribution in [2.75, 3.05) is 12.4 Å². The molecule has 0 aliphatic rings. The van der Waals surface area contributed by atoms with Gasteiger partial charge in [0.1, 0.15) is 28.0 Å². The van der Waals surface area contributed by atoms with E-state index in [1.165, 1.54) is 13.2 Å². The molecule has 144 valence electrons. The number of hydrogen-bond acceptors (Lipinski definition) is 6. The Morgan fingerprint density at radius 1 is 1.04 bits per heavy atom. The number of halogens is 2. The third-order valence-electron chi connectivity index (χ3n) is 3.60. The average molecular weight is 404 g/mol. The maximum absolute atomic E-state index is 13.6. The molecule has 28 heavy (non-hydrogen) atoms. The fraction of sp³-hybridized carbons (Fsp3) is 0.111. The summed E-state index contributed by atoms with van der Waals surface area (Å²) in [6.45, 7) is -0.125. The summed E-state index contributed by atoms with van der Waals surface area (Å²) >= 11 is 0.952. The molecule has 0 unspecified atom stereocenters. The lowest BCUT2D eigenvalue weighted by Crippen LogP contribution is -2.25. The van der Waals surface area contributed by atoms with E-state index < -0.39 is 29.0 Å². The second-order valence-corrected chi connectivity index (χ2v) is 6.52.